The number of ketones is 1. The van der Waals surface area contributed by atoms with E-state index in [0.717, 1.165) is 18.4 Å². The van der Waals surface area contributed by atoms with E-state index in [-0.39, 0.29) is 5.78 Å². The zero-order valence-corrected chi connectivity index (χ0v) is 8.99. The van der Waals surface area contributed by atoms with Gasteiger partial charge in [0.25, 0.3) is 0 Å². The summed E-state index contributed by atoms with van der Waals surface area (Å²) in [5.74, 6) is -0.0252. The van der Waals surface area contributed by atoms with Crippen molar-refractivity contribution in [1.29, 1.82) is 0 Å². The molecule has 0 amide bonds. The average molecular weight is 220 g/mol. The second kappa shape index (κ2) is 4.35. The molecule has 0 bridgehead atoms. The Morgan fingerprint density at radius 1 is 1.31 bits per heavy atom. The lowest BCUT2D eigenvalue weighted by atomic mass is 9.91. The number of Topliss-reactive ketones (excluding diaryl/α,β-unsaturated/α-hetero) is 1. The van der Waals surface area contributed by atoms with E-state index in [2.05, 4.69) is 4.89 Å². The summed E-state index contributed by atoms with van der Waals surface area (Å²) in [7, 11) is 0. The largest absolute Gasteiger partial charge is 0.352 e. The van der Waals surface area contributed by atoms with E-state index in [1.165, 1.54) is 6.92 Å². The molecule has 1 aliphatic carbocycles. The van der Waals surface area contributed by atoms with E-state index in [0.29, 0.717) is 17.7 Å². The third-order valence-electron chi connectivity index (χ3n) is 2.49. The van der Waals surface area contributed by atoms with Crippen LogP contribution < -0.4 is 4.89 Å². The Kier molecular flexibility index (Phi) is 2.90. The first-order chi connectivity index (χ1) is 7.66. The van der Waals surface area contributed by atoms with E-state index in [9.17, 15) is 9.59 Å². The quantitative estimate of drug-likeness (QED) is 0.565. The molecule has 0 saturated carbocycles. The molecule has 0 fully saturated rings. The van der Waals surface area contributed by atoms with Crippen molar-refractivity contribution in [1.82, 2.24) is 0 Å². The van der Waals surface area contributed by atoms with Crippen LogP contribution in [-0.4, -0.2) is 11.8 Å². The second-order valence-corrected chi connectivity index (χ2v) is 3.75. The lowest BCUT2D eigenvalue weighted by molar-refractivity contribution is -0.210. The fourth-order valence-electron chi connectivity index (χ4n) is 1.77. The minimum Gasteiger partial charge on any atom is -0.294 e. The standard InChI is InChI=1S/C12H12O4/c1-8(13)15-16-10-6-5-9-3-2-4-12(14)11(9)7-10/h5-7H,2-4H2,1H3. The summed E-state index contributed by atoms with van der Waals surface area (Å²) in [5, 5.41) is 0. The van der Waals surface area contributed by atoms with E-state index in [1.807, 2.05) is 6.07 Å². The minimum atomic E-state index is -0.524. The molecule has 0 unspecified atom stereocenters. The average Bonchev–Trinajstić information content (AvgIpc) is 2.27. The first-order valence-corrected chi connectivity index (χ1v) is 5.18. The minimum absolute atomic E-state index is 0.120. The number of fused-ring (bicyclic) bond motifs is 1. The zero-order chi connectivity index (χ0) is 11.5. The highest BCUT2D eigenvalue weighted by molar-refractivity contribution is 5.98. The summed E-state index contributed by atoms with van der Waals surface area (Å²) >= 11 is 0. The SMILES string of the molecule is CC(=O)OOc1ccc2c(c1)C(=O)CCC2. The number of carbonyl (C=O) groups excluding carboxylic acids is 2. The smallest absolute Gasteiger partial charge is 0.294 e. The highest BCUT2D eigenvalue weighted by Crippen LogP contribution is 2.25. The summed E-state index contributed by atoms with van der Waals surface area (Å²) in [4.78, 5) is 31.4. The van der Waals surface area contributed by atoms with Crippen molar-refractivity contribution in [3.8, 4) is 5.75 Å². The zero-order valence-electron chi connectivity index (χ0n) is 8.99. The van der Waals surface area contributed by atoms with Crippen LogP contribution in [0.25, 0.3) is 0 Å². The number of aryl methyl sites for hydroxylation is 1. The van der Waals surface area contributed by atoms with E-state index in [1.54, 1.807) is 12.1 Å². The van der Waals surface area contributed by atoms with Crippen molar-refractivity contribution in [2.75, 3.05) is 0 Å². The van der Waals surface area contributed by atoms with Gasteiger partial charge in [-0.15, -0.1) is 0 Å². The highest BCUT2D eigenvalue weighted by Gasteiger charge is 2.17. The van der Waals surface area contributed by atoms with Crippen LogP contribution in [0.5, 0.6) is 5.75 Å². The van der Waals surface area contributed by atoms with Gasteiger partial charge in [-0.25, -0.2) is 4.79 Å². The molecule has 0 atom stereocenters. The molecule has 16 heavy (non-hydrogen) atoms. The summed E-state index contributed by atoms with van der Waals surface area (Å²) in [6.07, 6.45) is 2.38. The Morgan fingerprint density at radius 3 is 2.88 bits per heavy atom. The molecule has 0 radical (unpaired) electrons. The van der Waals surface area contributed by atoms with Crippen molar-refractivity contribution in [2.24, 2.45) is 0 Å². The molecule has 4 heteroatoms. The predicted octanol–water partition coefficient (Wildman–Crippen LogP) is 2.06. The third-order valence-corrected chi connectivity index (χ3v) is 2.49. The molecule has 1 aromatic carbocycles. The van der Waals surface area contributed by atoms with Gasteiger partial charge in [-0.3, -0.25) is 14.6 Å². The molecule has 0 aromatic heterocycles. The van der Waals surface area contributed by atoms with Crippen molar-refractivity contribution in [2.45, 2.75) is 26.2 Å². The highest BCUT2D eigenvalue weighted by atomic mass is 17.2. The Bertz CT molecular complexity index is 437. The van der Waals surface area contributed by atoms with Gasteiger partial charge in [-0.2, -0.15) is 0 Å². The first-order valence-electron chi connectivity index (χ1n) is 5.18. The van der Waals surface area contributed by atoms with Crippen LogP contribution in [0.4, 0.5) is 0 Å². The lowest BCUT2D eigenvalue weighted by Gasteiger charge is -2.14. The van der Waals surface area contributed by atoms with E-state index >= 15 is 0 Å². The normalized spacial score (nSPS) is 14.2. The lowest BCUT2D eigenvalue weighted by Crippen LogP contribution is -2.11. The van der Waals surface area contributed by atoms with Crippen molar-refractivity contribution in [3.63, 3.8) is 0 Å². The van der Waals surface area contributed by atoms with Gasteiger partial charge in [0.1, 0.15) is 0 Å². The van der Waals surface area contributed by atoms with Crippen LogP contribution in [0.3, 0.4) is 0 Å². The van der Waals surface area contributed by atoms with Gasteiger partial charge in [0.15, 0.2) is 11.5 Å². The summed E-state index contributed by atoms with van der Waals surface area (Å²) in [6, 6.07) is 5.16. The van der Waals surface area contributed by atoms with Gasteiger partial charge in [-0.1, -0.05) is 6.07 Å². The molecule has 0 N–H and O–H groups in total. The molecular formula is C12H12O4. The van der Waals surface area contributed by atoms with Gasteiger partial charge in [0.05, 0.1) is 0 Å². The number of rotatable bonds is 2. The molecule has 0 saturated heterocycles. The maximum Gasteiger partial charge on any atom is 0.352 e. The molecule has 2 rings (SSSR count). The third kappa shape index (κ3) is 2.21. The number of carbonyl (C=O) groups is 2. The van der Waals surface area contributed by atoms with E-state index < -0.39 is 5.97 Å². The van der Waals surface area contributed by atoms with Crippen molar-refractivity contribution >= 4 is 11.8 Å². The van der Waals surface area contributed by atoms with Crippen LogP contribution in [0.1, 0.15) is 35.7 Å². The molecule has 0 spiro atoms. The van der Waals surface area contributed by atoms with Crippen LogP contribution >= 0.6 is 0 Å². The van der Waals surface area contributed by atoms with Crippen LogP contribution in [0.15, 0.2) is 18.2 Å². The van der Waals surface area contributed by atoms with Crippen molar-refractivity contribution < 1.29 is 19.4 Å². The summed E-state index contributed by atoms with van der Waals surface area (Å²) in [6.45, 7) is 1.25. The number of hydrogen-bond acceptors (Lipinski definition) is 4. The first kappa shape index (κ1) is 10.7. The van der Waals surface area contributed by atoms with Gasteiger partial charge in [0, 0.05) is 18.9 Å². The van der Waals surface area contributed by atoms with E-state index in [4.69, 9.17) is 4.89 Å². The maximum absolute atomic E-state index is 11.6. The monoisotopic (exact) mass is 220 g/mol. The van der Waals surface area contributed by atoms with Crippen LogP contribution in [-0.2, 0) is 16.1 Å². The van der Waals surface area contributed by atoms with Gasteiger partial charge >= 0.3 is 5.97 Å². The molecule has 4 nitrogen and oxygen atoms in total. The van der Waals surface area contributed by atoms with Crippen LogP contribution in [0.2, 0.25) is 0 Å². The molecule has 84 valence electrons. The Hall–Kier alpha value is -1.84. The second-order valence-electron chi connectivity index (χ2n) is 3.75. The molecule has 0 aliphatic heterocycles. The molecule has 1 aliphatic rings. The van der Waals surface area contributed by atoms with Gasteiger partial charge in [0.2, 0.25) is 0 Å². The molecule has 0 heterocycles. The summed E-state index contributed by atoms with van der Waals surface area (Å²) in [5.41, 5.74) is 1.71. The Morgan fingerprint density at radius 2 is 2.12 bits per heavy atom. The van der Waals surface area contributed by atoms with Crippen LogP contribution in [0, 0.1) is 0 Å². The van der Waals surface area contributed by atoms with Gasteiger partial charge in [-0.05, 0) is 30.5 Å². The Labute approximate surface area is 93.1 Å². The molecular weight excluding hydrogens is 208 g/mol. The topological polar surface area (TPSA) is 52.6 Å². The molecule has 1 aromatic rings. The summed E-state index contributed by atoms with van der Waals surface area (Å²) < 4.78 is 0. The number of benzene rings is 1. The fraction of sp³-hybridized carbons (Fsp3) is 0.333. The van der Waals surface area contributed by atoms with Gasteiger partial charge < -0.3 is 0 Å². The Balaban J connectivity index is 2.20. The number of hydrogen-bond donors (Lipinski definition) is 0. The predicted molar refractivity (Wildman–Crippen MR) is 56.1 cm³/mol. The fourth-order valence-corrected chi connectivity index (χ4v) is 1.77. The maximum atomic E-state index is 11.6. The van der Waals surface area contributed by atoms with Crippen molar-refractivity contribution in [3.05, 3.63) is 29.3 Å².